The van der Waals surface area contributed by atoms with Gasteiger partial charge in [0.2, 0.25) is 11.8 Å². The molecule has 0 aliphatic heterocycles. The van der Waals surface area contributed by atoms with E-state index in [1.165, 1.54) is 0 Å². The molecule has 4 nitrogen and oxygen atoms in total. The Balaban J connectivity index is 1.53. The van der Waals surface area contributed by atoms with Crippen molar-refractivity contribution in [3.63, 3.8) is 0 Å². The van der Waals surface area contributed by atoms with E-state index >= 15 is 0 Å². The van der Waals surface area contributed by atoms with E-state index in [-0.39, 0.29) is 5.91 Å². The van der Waals surface area contributed by atoms with Gasteiger partial charge in [-0.25, -0.2) is 4.98 Å². The second-order valence-corrected chi connectivity index (χ2v) is 6.86. The van der Waals surface area contributed by atoms with Crippen LogP contribution in [0, 0.1) is 6.92 Å². The molecule has 1 amide bonds. The van der Waals surface area contributed by atoms with Gasteiger partial charge in [-0.2, -0.15) is 0 Å². The van der Waals surface area contributed by atoms with Crippen LogP contribution in [0.2, 0.25) is 5.02 Å². The van der Waals surface area contributed by atoms with E-state index in [2.05, 4.69) is 10.3 Å². The third-order valence-electron chi connectivity index (χ3n) is 4.19. The number of carbonyl (C=O) groups excluding carboxylic acids is 1. The molecule has 5 heteroatoms. The second-order valence-electron chi connectivity index (χ2n) is 6.43. The zero-order valence-electron chi connectivity index (χ0n) is 14.7. The van der Waals surface area contributed by atoms with Crippen molar-refractivity contribution in [2.75, 3.05) is 5.32 Å². The van der Waals surface area contributed by atoms with Crippen LogP contribution in [-0.2, 0) is 11.2 Å². The predicted molar refractivity (Wildman–Crippen MR) is 108 cm³/mol. The number of amides is 1. The summed E-state index contributed by atoms with van der Waals surface area (Å²) in [6, 6.07) is 20.7. The molecule has 4 aromatic rings. The molecule has 0 bridgehead atoms. The minimum Gasteiger partial charge on any atom is -0.436 e. The number of aryl methyl sites for hydroxylation is 1. The molecule has 0 fully saturated rings. The van der Waals surface area contributed by atoms with Gasteiger partial charge in [0.25, 0.3) is 0 Å². The summed E-state index contributed by atoms with van der Waals surface area (Å²) in [5.74, 6) is 0.421. The third-order valence-corrected chi connectivity index (χ3v) is 4.43. The predicted octanol–water partition coefficient (Wildman–Crippen LogP) is 5.64. The molecule has 0 saturated heterocycles. The number of benzene rings is 3. The number of nitrogens with zero attached hydrogens (tertiary/aromatic N) is 1. The highest BCUT2D eigenvalue weighted by Gasteiger charge is 2.10. The van der Waals surface area contributed by atoms with Crippen LogP contribution in [0.1, 0.15) is 11.1 Å². The van der Waals surface area contributed by atoms with Crippen molar-refractivity contribution in [2.24, 2.45) is 0 Å². The second kappa shape index (κ2) is 7.25. The highest BCUT2D eigenvalue weighted by Crippen LogP contribution is 2.27. The van der Waals surface area contributed by atoms with E-state index in [0.717, 1.165) is 16.7 Å². The summed E-state index contributed by atoms with van der Waals surface area (Å²) >= 11 is 6.00. The number of fused-ring (bicyclic) bond motifs is 1. The monoisotopic (exact) mass is 376 g/mol. The normalized spacial score (nSPS) is 10.9. The largest absolute Gasteiger partial charge is 0.436 e. The van der Waals surface area contributed by atoms with E-state index in [9.17, 15) is 4.79 Å². The average Bonchev–Trinajstić information content (AvgIpc) is 3.05. The molecule has 1 N–H and O–H groups in total. The van der Waals surface area contributed by atoms with Crippen molar-refractivity contribution in [1.82, 2.24) is 4.98 Å². The van der Waals surface area contributed by atoms with Gasteiger partial charge < -0.3 is 9.73 Å². The van der Waals surface area contributed by atoms with Crippen LogP contribution in [0.15, 0.2) is 71.1 Å². The van der Waals surface area contributed by atoms with Crippen LogP contribution >= 0.6 is 11.6 Å². The number of aromatic nitrogens is 1. The van der Waals surface area contributed by atoms with Crippen LogP contribution in [0.4, 0.5) is 5.69 Å². The van der Waals surface area contributed by atoms with Crippen molar-refractivity contribution in [3.8, 4) is 11.5 Å². The van der Waals surface area contributed by atoms with Gasteiger partial charge in [0.15, 0.2) is 5.58 Å². The number of oxazole rings is 1. The Morgan fingerprint density at radius 3 is 2.78 bits per heavy atom. The van der Waals surface area contributed by atoms with Crippen LogP contribution in [0.25, 0.3) is 22.6 Å². The minimum absolute atomic E-state index is 0.0675. The summed E-state index contributed by atoms with van der Waals surface area (Å²) in [7, 11) is 0. The Labute approximate surface area is 161 Å². The minimum atomic E-state index is -0.0675. The summed E-state index contributed by atoms with van der Waals surface area (Å²) in [4.78, 5) is 16.8. The zero-order valence-corrected chi connectivity index (χ0v) is 15.5. The van der Waals surface area contributed by atoms with Gasteiger partial charge in [-0.05, 0) is 48.9 Å². The molecule has 134 valence electrons. The van der Waals surface area contributed by atoms with Crippen LogP contribution in [-0.4, -0.2) is 10.9 Å². The molecule has 0 saturated carbocycles. The summed E-state index contributed by atoms with van der Waals surface area (Å²) in [5, 5.41) is 3.54. The van der Waals surface area contributed by atoms with E-state index < -0.39 is 0 Å². The maximum absolute atomic E-state index is 12.4. The lowest BCUT2D eigenvalue weighted by Crippen LogP contribution is -2.14. The van der Waals surface area contributed by atoms with E-state index in [0.29, 0.717) is 34.1 Å². The van der Waals surface area contributed by atoms with E-state index in [1.807, 2.05) is 55.5 Å². The standard InChI is InChI=1S/C22H17ClN2O2/c1-14-4-2-5-15(10-14)11-21(26)24-18-7-3-6-16(12-18)22-25-19-13-17(23)8-9-20(19)27-22/h2-10,12-13H,11H2,1H3,(H,24,26). The lowest BCUT2D eigenvalue weighted by Gasteiger charge is -2.07. The molecule has 0 aliphatic rings. The SMILES string of the molecule is Cc1cccc(CC(=O)Nc2cccc(-c3nc4cc(Cl)ccc4o3)c2)c1. The van der Waals surface area contributed by atoms with Crippen LogP contribution in [0.3, 0.4) is 0 Å². The number of halogens is 1. The highest BCUT2D eigenvalue weighted by atomic mass is 35.5. The first-order valence-electron chi connectivity index (χ1n) is 8.59. The van der Waals surface area contributed by atoms with Gasteiger partial charge in [-0.1, -0.05) is 47.5 Å². The van der Waals surface area contributed by atoms with Gasteiger partial charge in [0.05, 0.1) is 6.42 Å². The smallest absolute Gasteiger partial charge is 0.228 e. The van der Waals surface area contributed by atoms with Gasteiger partial charge in [0, 0.05) is 16.3 Å². The Hall–Kier alpha value is -3.11. The zero-order chi connectivity index (χ0) is 18.8. The topological polar surface area (TPSA) is 55.1 Å². The Morgan fingerprint density at radius 1 is 1.07 bits per heavy atom. The Morgan fingerprint density at radius 2 is 1.93 bits per heavy atom. The fraction of sp³-hybridized carbons (Fsp3) is 0.0909. The summed E-state index contributed by atoms with van der Waals surface area (Å²) in [6.45, 7) is 2.01. The molecular formula is C22H17ClN2O2. The van der Waals surface area contributed by atoms with Crippen LogP contribution in [0.5, 0.6) is 0 Å². The maximum Gasteiger partial charge on any atom is 0.228 e. The number of carbonyl (C=O) groups is 1. The number of rotatable bonds is 4. The van der Waals surface area contributed by atoms with Crippen molar-refractivity contribution >= 4 is 34.3 Å². The fourth-order valence-corrected chi connectivity index (χ4v) is 3.13. The molecule has 0 atom stereocenters. The number of hydrogen-bond donors (Lipinski definition) is 1. The summed E-state index contributed by atoms with van der Waals surface area (Å²) in [5.41, 5.74) is 4.98. The van der Waals surface area contributed by atoms with E-state index in [1.54, 1.807) is 18.2 Å². The summed E-state index contributed by atoms with van der Waals surface area (Å²) < 4.78 is 5.80. The van der Waals surface area contributed by atoms with Crippen molar-refractivity contribution in [3.05, 3.63) is 82.9 Å². The Kier molecular flexibility index (Phi) is 4.65. The third kappa shape index (κ3) is 4.01. The first-order chi connectivity index (χ1) is 13.1. The van der Waals surface area contributed by atoms with Crippen LogP contribution < -0.4 is 5.32 Å². The molecule has 4 rings (SSSR count). The van der Waals surface area contributed by atoms with Gasteiger partial charge >= 0.3 is 0 Å². The summed E-state index contributed by atoms with van der Waals surface area (Å²) in [6.07, 6.45) is 0.327. The van der Waals surface area contributed by atoms with Gasteiger partial charge in [0.1, 0.15) is 5.52 Å². The first kappa shape index (κ1) is 17.3. The molecule has 3 aromatic carbocycles. The molecule has 0 spiro atoms. The molecule has 0 unspecified atom stereocenters. The number of nitrogens with one attached hydrogen (secondary N) is 1. The number of hydrogen-bond acceptors (Lipinski definition) is 3. The Bertz CT molecular complexity index is 1130. The quantitative estimate of drug-likeness (QED) is 0.501. The van der Waals surface area contributed by atoms with Crippen molar-refractivity contribution in [2.45, 2.75) is 13.3 Å². The molecule has 27 heavy (non-hydrogen) atoms. The lowest BCUT2D eigenvalue weighted by atomic mass is 10.1. The van der Waals surface area contributed by atoms with Gasteiger partial charge in [-0.15, -0.1) is 0 Å². The first-order valence-corrected chi connectivity index (χ1v) is 8.96. The molecule has 0 aliphatic carbocycles. The maximum atomic E-state index is 12.4. The highest BCUT2D eigenvalue weighted by molar-refractivity contribution is 6.31. The lowest BCUT2D eigenvalue weighted by molar-refractivity contribution is -0.115. The fourth-order valence-electron chi connectivity index (χ4n) is 2.97. The molecule has 1 heterocycles. The van der Waals surface area contributed by atoms with Crippen molar-refractivity contribution in [1.29, 1.82) is 0 Å². The molecule has 1 aromatic heterocycles. The molecule has 0 radical (unpaired) electrons. The average molecular weight is 377 g/mol. The van der Waals surface area contributed by atoms with Gasteiger partial charge in [-0.3, -0.25) is 4.79 Å². The van der Waals surface area contributed by atoms with Crippen molar-refractivity contribution < 1.29 is 9.21 Å². The van der Waals surface area contributed by atoms with E-state index in [4.69, 9.17) is 16.0 Å². The molecular weight excluding hydrogens is 360 g/mol. The number of anilines is 1.